The Balaban J connectivity index is 1.57. The molecule has 0 aliphatic carbocycles. The maximum Gasteiger partial charge on any atom is 0.135 e. The molecule has 6 rings (SSSR count). The van der Waals surface area contributed by atoms with Gasteiger partial charge >= 0.3 is 0 Å². The molecule has 0 radical (unpaired) electrons. The zero-order valence-corrected chi connectivity index (χ0v) is 23.1. The summed E-state index contributed by atoms with van der Waals surface area (Å²) in [5, 5.41) is 1.07. The van der Waals surface area contributed by atoms with Gasteiger partial charge in [0.15, 0.2) is 0 Å². The zero-order valence-electron chi connectivity index (χ0n) is 23.1. The zero-order chi connectivity index (χ0) is 27.1. The topological polar surface area (TPSA) is 38.9 Å². The summed E-state index contributed by atoms with van der Waals surface area (Å²) in [4.78, 5) is 8.98. The van der Waals surface area contributed by atoms with Crippen LogP contribution in [-0.2, 0) is 5.41 Å². The SMILES string of the molecule is Cc1ccnc(-c2cccc(-c3cc4cc(-c5ccnc(C)c5)oc4cc3-c3cccc(C(C)(C)C)c3)c2)c1. The molecule has 3 aromatic heterocycles. The summed E-state index contributed by atoms with van der Waals surface area (Å²) in [5.41, 5.74) is 12.1. The van der Waals surface area contributed by atoms with Crippen LogP contribution in [0.4, 0.5) is 0 Å². The highest BCUT2D eigenvalue weighted by atomic mass is 16.3. The van der Waals surface area contributed by atoms with E-state index in [1.165, 1.54) is 22.3 Å². The largest absolute Gasteiger partial charge is 0.456 e. The Kier molecular flexibility index (Phi) is 6.15. The Morgan fingerprint density at radius 2 is 1.33 bits per heavy atom. The van der Waals surface area contributed by atoms with E-state index >= 15 is 0 Å². The molecule has 0 fully saturated rings. The number of nitrogens with zero attached hydrogens (tertiary/aromatic N) is 2. The van der Waals surface area contributed by atoms with Crippen molar-refractivity contribution in [3.8, 4) is 44.8 Å². The third kappa shape index (κ3) is 5.00. The molecule has 0 spiro atoms. The molecule has 6 aromatic rings. The van der Waals surface area contributed by atoms with E-state index < -0.39 is 0 Å². The number of furan rings is 1. The molecular formula is C36H32N2O. The van der Waals surface area contributed by atoms with E-state index in [-0.39, 0.29) is 5.41 Å². The first kappa shape index (κ1) is 24.8. The Morgan fingerprint density at radius 3 is 2.10 bits per heavy atom. The smallest absolute Gasteiger partial charge is 0.135 e. The van der Waals surface area contributed by atoms with Gasteiger partial charge in [-0.2, -0.15) is 0 Å². The van der Waals surface area contributed by atoms with E-state index in [0.29, 0.717) is 0 Å². The predicted octanol–water partition coefficient (Wildman–Crippen LogP) is 9.81. The van der Waals surface area contributed by atoms with E-state index in [1.807, 2.05) is 31.5 Å². The number of aromatic nitrogens is 2. The molecular weight excluding hydrogens is 476 g/mol. The molecule has 3 heterocycles. The van der Waals surface area contributed by atoms with Gasteiger partial charge in [-0.3, -0.25) is 9.97 Å². The summed E-state index contributed by atoms with van der Waals surface area (Å²) in [7, 11) is 0. The molecule has 0 amide bonds. The molecule has 39 heavy (non-hydrogen) atoms. The van der Waals surface area contributed by atoms with Crippen molar-refractivity contribution in [2.75, 3.05) is 0 Å². The van der Waals surface area contributed by atoms with E-state index in [4.69, 9.17) is 4.42 Å². The summed E-state index contributed by atoms with van der Waals surface area (Å²) >= 11 is 0. The van der Waals surface area contributed by atoms with Crippen molar-refractivity contribution in [3.63, 3.8) is 0 Å². The third-order valence-corrected chi connectivity index (χ3v) is 7.26. The van der Waals surface area contributed by atoms with E-state index in [9.17, 15) is 0 Å². The summed E-state index contributed by atoms with van der Waals surface area (Å²) in [6.45, 7) is 10.9. The van der Waals surface area contributed by atoms with Gasteiger partial charge in [-0.05, 0) is 101 Å². The number of hydrogen-bond donors (Lipinski definition) is 0. The maximum atomic E-state index is 6.43. The number of fused-ring (bicyclic) bond motifs is 1. The van der Waals surface area contributed by atoms with Crippen molar-refractivity contribution in [1.82, 2.24) is 9.97 Å². The van der Waals surface area contributed by atoms with Gasteiger partial charge in [-0.1, -0.05) is 63.2 Å². The molecule has 0 unspecified atom stereocenters. The number of benzene rings is 3. The third-order valence-electron chi connectivity index (χ3n) is 7.26. The summed E-state index contributed by atoms with van der Waals surface area (Å²) < 4.78 is 6.43. The molecule has 3 aromatic carbocycles. The van der Waals surface area contributed by atoms with E-state index in [1.54, 1.807) is 0 Å². The fraction of sp³-hybridized carbons (Fsp3) is 0.167. The van der Waals surface area contributed by atoms with Crippen LogP contribution in [-0.4, -0.2) is 9.97 Å². The standard InChI is InChI=1S/C36H32N2O/c1-23-12-14-38-33(16-23)27-10-6-8-25(18-27)31-20-29-21-34(28-13-15-37-24(2)17-28)39-35(29)22-32(31)26-9-7-11-30(19-26)36(3,4)5/h6-22H,1-5H3. The Morgan fingerprint density at radius 1 is 0.615 bits per heavy atom. The molecule has 0 saturated heterocycles. The molecule has 0 saturated carbocycles. The fourth-order valence-electron chi connectivity index (χ4n) is 5.10. The summed E-state index contributed by atoms with van der Waals surface area (Å²) in [5.74, 6) is 0.847. The van der Waals surface area contributed by atoms with Crippen LogP contribution in [0.3, 0.4) is 0 Å². The lowest BCUT2D eigenvalue weighted by Gasteiger charge is -2.20. The minimum absolute atomic E-state index is 0.0497. The fourth-order valence-corrected chi connectivity index (χ4v) is 5.10. The van der Waals surface area contributed by atoms with Crippen molar-refractivity contribution in [2.45, 2.75) is 40.0 Å². The van der Waals surface area contributed by atoms with Crippen molar-refractivity contribution >= 4 is 11.0 Å². The first-order valence-corrected chi connectivity index (χ1v) is 13.4. The highest BCUT2D eigenvalue weighted by Gasteiger charge is 2.18. The van der Waals surface area contributed by atoms with Crippen LogP contribution < -0.4 is 0 Å². The quantitative estimate of drug-likeness (QED) is 0.238. The molecule has 0 aliphatic heterocycles. The van der Waals surface area contributed by atoms with Gasteiger partial charge < -0.3 is 4.42 Å². The van der Waals surface area contributed by atoms with Crippen LogP contribution in [0.1, 0.15) is 37.6 Å². The first-order valence-electron chi connectivity index (χ1n) is 13.4. The van der Waals surface area contributed by atoms with Gasteiger partial charge in [0.1, 0.15) is 11.3 Å². The minimum atomic E-state index is 0.0497. The molecule has 192 valence electrons. The number of hydrogen-bond acceptors (Lipinski definition) is 3. The normalized spacial score (nSPS) is 11.7. The van der Waals surface area contributed by atoms with Crippen LogP contribution in [0, 0.1) is 13.8 Å². The van der Waals surface area contributed by atoms with Crippen LogP contribution in [0.2, 0.25) is 0 Å². The number of rotatable bonds is 4. The molecule has 0 aliphatic rings. The Bertz CT molecular complexity index is 1820. The van der Waals surface area contributed by atoms with Crippen LogP contribution >= 0.6 is 0 Å². The molecule has 0 atom stereocenters. The van der Waals surface area contributed by atoms with Gasteiger partial charge in [-0.25, -0.2) is 0 Å². The summed E-state index contributed by atoms with van der Waals surface area (Å²) in [6, 6.07) is 32.4. The van der Waals surface area contributed by atoms with E-state index in [2.05, 4.69) is 117 Å². The number of aryl methyl sites for hydroxylation is 2. The Labute approximate surface area is 230 Å². The van der Waals surface area contributed by atoms with Gasteiger partial charge in [0.25, 0.3) is 0 Å². The average molecular weight is 509 g/mol. The minimum Gasteiger partial charge on any atom is -0.456 e. The second-order valence-electron chi connectivity index (χ2n) is 11.4. The van der Waals surface area contributed by atoms with E-state index in [0.717, 1.165) is 50.4 Å². The lowest BCUT2D eigenvalue weighted by Crippen LogP contribution is -2.10. The lowest BCUT2D eigenvalue weighted by atomic mass is 9.84. The lowest BCUT2D eigenvalue weighted by molar-refractivity contribution is 0.590. The van der Waals surface area contributed by atoms with Crippen molar-refractivity contribution < 1.29 is 4.42 Å². The summed E-state index contributed by atoms with van der Waals surface area (Å²) in [6.07, 6.45) is 3.71. The van der Waals surface area contributed by atoms with Crippen LogP contribution in [0.5, 0.6) is 0 Å². The molecule has 3 nitrogen and oxygen atoms in total. The van der Waals surface area contributed by atoms with Gasteiger partial charge in [0.05, 0.1) is 5.69 Å². The van der Waals surface area contributed by atoms with Crippen LogP contribution in [0.25, 0.3) is 55.8 Å². The Hall–Kier alpha value is -4.50. The first-order chi connectivity index (χ1) is 18.7. The van der Waals surface area contributed by atoms with Crippen molar-refractivity contribution in [2.24, 2.45) is 0 Å². The molecule has 0 bridgehead atoms. The van der Waals surface area contributed by atoms with Crippen LogP contribution in [0.15, 0.2) is 108 Å². The van der Waals surface area contributed by atoms with Gasteiger partial charge in [-0.15, -0.1) is 0 Å². The molecule has 0 N–H and O–H groups in total. The average Bonchev–Trinajstić information content (AvgIpc) is 3.35. The van der Waals surface area contributed by atoms with Gasteiger partial charge in [0.2, 0.25) is 0 Å². The second-order valence-corrected chi connectivity index (χ2v) is 11.4. The maximum absolute atomic E-state index is 6.43. The second kappa shape index (κ2) is 9.67. The number of pyridine rings is 2. The highest BCUT2D eigenvalue weighted by Crippen LogP contribution is 2.40. The molecule has 3 heteroatoms. The van der Waals surface area contributed by atoms with Crippen molar-refractivity contribution in [3.05, 3.63) is 120 Å². The van der Waals surface area contributed by atoms with Crippen molar-refractivity contribution in [1.29, 1.82) is 0 Å². The highest BCUT2D eigenvalue weighted by molar-refractivity contribution is 5.96. The predicted molar refractivity (Wildman–Crippen MR) is 162 cm³/mol. The monoisotopic (exact) mass is 508 g/mol. The van der Waals surface area contributed by atoms with Gasteiger partial charge in [0, 0.05) is 34.6 Å².